The lowest BCUT2D eigenvalue weighted by molar-refractivity contribution is 0.0936. The van der Waals surface area contributed by atoms with E-state index in [1.165, 1.54) is 12.0 Å². The van der Waals surface area contributed by atoms with Gasteiger partial charge in [-0.2, -0.15) is 10.2 Å². The fourth-order valence-electron chi connectivity index (χ4n) is 4.80. The van der Waals surface area contributed by atoms with E-state index in [4.69, 9.17) is 4.98 Å². The Bertz CT molecular complexity index is 1160. The number of aromatic amines is 1. The van der Waals surface area contributed by atoms with Gasteiger partial charge < -0.3 is 10.2 Å². The van der Waals surface area contributed by atoms with Gasteiger partial charge in [-0.05, 0) is 50.3 Å². The first-order chi connectivity index (χ1) is 15.3. The molecule has 1 saturated heterocycles. The van der Waals surface area contributed by atoms with Crippen molar-refractivity contribution in [2.75, 3.05) is 18.0 Å². The lowest BCUT2D eigenvalue weighted by atomic mass is 9.79. The molecule has 3 aromatic heterocycles. The predicted octanol–water partition coefficient (Wildman–Crippen LogP) is 3.32. The zero-order valence-electron chi connectivity index (χ0n) is 19.3. The highest BCUT2D eigenvalue weighted by molar-refractivity contribution is 5.94. The smallest absolute Gasteiger partial charge is 0.255 e. The number of nitrogens with one attached hydrogen (secondary N) is 2. The molecule has 1 fully saturated rings. The molecule has 0 aromatic carbocycles. The van der Waals surface area contributed by atoms with Gasteiger partial charge in [0.15, 0.2) is 0 Å². The average molecular weight is 434 g/mol. The molecule has 1 aliphatic heterocycles. The first kappa shape index (κ1) is 20.7. The third kappa shape index (κ3) is 3.67. The number of H-pyrrole nitrogens is 1. The van der Waals surface area contributed by atoms with E-state index in [9.17, 15) is 4.79 Å². The van der Waals surface area contributed by atoms with Gasteiger partial charge >= 0.3 is 0 Å². The summed E-state index contributed by atoms with van der Waals surface area (Å²) in [6.45, 7) is 11.4. The van der Waals surface area contributed by atoms with Crippen molar-refractivity contribution in [1.29, 1.82) is 0 Å². The van der Waals surface area contributed by atoms with Gasteiger partial charge in [-0.25, -0.2) is 4.98 Å². The molecule has 2 aliphatic rings. The maximum absolute atomic E-state index is 12.8. The SMILES string of the molecule is CCC1(C)CN(c2ccc(Cn3cc(C(=O)N[C@@H]4CCc5c4n[nH]c5C)cn3)c(C)n2)C1. The fraction of sp³-hybridized carbons (Fsp3) is 0.500. The summed E-state index contributed by atoms with van der Waals surface area (Å²) in [4.78, 5) is 19.9. The van der Waals surface area contributed by atoms with Crippen LogP contribution in [0.15, 0.2) is 24.5 Å². The number of hydrogen-bond donors (Lipinski definition) is 2. The summed E-state index contributed by atoms with van der Waals surface area (Å²) in [6, 6.07) is 4.18. The van der Waals surface area contributed by atoms with Gasteiger partial charge in [0.1, 0.15) is 5.82 Å². The van der Waals surface area contributed by atoms with Crippen LogP contribution in [0.3, 0.4) is 0 Å². The van der Waals surface area contributed by atoms with Gasteiger partial charge in [-0.3, -0.25) is 14.6 Å². The summed E-state index contributed by atoms with van der Waals surface area (Å²) in [7, 11) is 0. The monoisotopic (exact) mass is 433 g/mol. The molecule has 1 amide bonds. The van der Waals surface area contributed by atoms with Crippen LogP contribution in [0.4, 0.5) is 5.82 Å². The minimum atomic E-state index is -0.114. The number of carbonyl (C=O) groups is 1. The van der Waals surface area contributed by atoms with E-state index in [-0.39, 0.29) is 11.9 Å². The molecule has 1 aliphatic carbocycles. The van der Waals surface area contributed by atoms with Gasteiger partial charge in [0, 0.05) is 36.1 Å². The molecule has 0 bridgehead atoms. The van der Waals surface area contributed by atoms with E-state index in [0.717, 1.165) is 54.4 Å². The number of carbonyl (C=O) groups excluding carboxylic acids is 1. The first-order valence-corrected chi connectivity index (χ1v) is 11.4. The summed E-state index contributed by atoms with van der Waals surface area (Å²) >= 11 is 0. The lowest BCUT2D eigenvalue weighted by Gasteiger charge is -2.48. The van der Waals surface area contributed by atoms with Crippen molar-refractivity contribution < 1.29 is 4.79 Å². The Kier molecular flexibility index (Phi) is 5.03. The molecule has 8 nitrogen and oxygen atoms in total. The zero-order chi connectivity index (χ0) is 22.5. The average Bonchev–Trinajstić information content (AvgIpc) is 3.46. The Morgan fingerprint density at radius 3 is 2.88 bits per heavy atom. The number of pyridine rings is 1. The zero-order valence-corrected chi connectivity index (χ0v) is 19.3. The van der Waals surface area contributed by atoms with Crippen LogP contribution in [0.1, 0.15) is 71.3 Å². The van der Waals surface area contributed by atoms with E-state index in [2.05, 4.69) is 51.5 Å². The van der Waals surface area contributed by atoms with Crippen LogP contribution < -0.4 is 10.2 Å². The standard InChI is InChI=1S/C24H31N7O/c1-5-24(4)13-30(14-24)21-9-6-17(15(2)26-21)11-31-12-18(10-25-31)23(32)27-20-8-7-19-16(3)28-29-22(19)20/h6,9-10,12,20H,5,7-8,11,13-14H2,1-4H3,(H,27,32)(H,28,29)/t20-/m1/s1. The van der Waals surface area contributed by atoms with Crippen molar-refractivity contribution in [1.82, 2.24) is 30.3 Å². The molecule has 168 valence electrons. The fourth-order valence-corrected chi connectivity index (χ4v) is 4.80. The largest absolute Gasteiger partial charge is 0.355 e. The predicted molar refractivity (Wildman–Crippen MR) is 123 cm³/mol. The van der Waals surface area contributed by atoms with Crippen LogP contribution in [0.5, 0.6) is 0 Å². The van der Waals surface area contributed by atoms with Crippen molar-refractivity contribution >= 4 is 11.7 Å². The number of aryl methyl sites for hydroxylation is 2. The number of nitrogens with zero attached hydrogens (tertiary/aromatic N) is 5. The highest BCUT2D eigenvalue weighted by Gasteiger charge is 2.37. The van der Waals surface area contributed by atoms with Crippen LogP contribution >= 0.6 is 0 Å². The van der Waals surface area contributed by atoms with E-state index < -0.39 is 0 Å². The Labute approximate surface area is 188 Å². The van der Waals surface area contributed by atoms with E-state index in [1.54, 1.807) is 17.1 Å². The van der Waals surface area contributed by atoms with E-state index >= 15 is 0 Å². The molecular formula is C24H31N7O. The third-order valence-electron chi connectivity index (χ3n) is 7.16. The van der Waals surface area contributed by atoms with Gasteiger partial charge in [0.05, 0.1) is 30.0 Å². The first-order valence-electron chi connectivity index (χ1n) is 11.4. The van der Waals surface area contributed by atoms with Crippen LogP contribution in [-0.4, -0.2) is 44.0 Å². The van der Waals surface area contributed by atoms with Crippen molar-refractivity contribution in [3.8, 4) is 0 Å². The third-order valence-corrected chi connectivity index (χ3v) is 7.16. The number of rotatable bonds is 6. The Morgan fingerprint density at radius 1 is 1.31 bits per heavy atom. The lowest BCUT2D eigenvalue weighted by Crippen LogP contribution is -2.54. The van der Waals surface area contributed by atoms with Gasteiger partial charge in [-0.1, -0.05) is 19.9 Å². The number of aromatic nitrogens is 5. The van der Waals surface area contributed by atoms with E-state index in [1.807, 2.05) is 13.8 Å². The molecule has 5 rings (SSSR count). The number of fused-ring (bicyclic) bond motifs is 1. The van der Waals surface area contributed by atoms with E-state index in [0.29, 0.717) is 17.5 Å². The Balaban J connectivity index is 1.22. The van der Waals surface area contributed by atoms with Crippen LogP contribution in [0, 0.1) is 19.3 Å². The molecule has 0 radical (unpaired) electrons. The number of anilines is 1. The van der Waals surface area contributed by atoms with Gasteiger partial charge in [-0.15, -0.1) is 0 Å². The summed E-state index contributed by atoms with van der Waals surface area (Å²) in [5, 5.41) is 14.9. The topological polar surface area (TPSA) is 91.7 Å². The molecule has 0 saturated carbocycles. The Hall–Kier alpha value is -3.16. The second-order valence-electron chi connectivity index (χ2n) is 9.64. The molecule has 3 aromatic rings. The quantitative estimate of drug-likeness (QED) is 0.622. The molecule has 32 heavy (non-hydrogen) atoms. The molecule has 2 N–H and O–H groups in total. The maximum atomic E-state index is 12.8. The molecule has 8 heteroatoms. The molecule has 0 spiro atoms. The summed E-state index contributed by atoms with van der Waals surface area (Å²) in [6.07, 6.45) is 6.46. The Morgan fingerprint density at radius 2 is 2.12 bits per heavy atom. The van der Waals surface area contributed by atoms with Crippen molar-refractivity contribution in [3.63, 3.8) is 0 Å². The highest BCUT2D eigenvalue weighted by Crippen LogP contribution is 2.36. The normalized spacial score (nSPS) is 19.0. The number of amides is 1. The van der Waals surface area contributed by atoms with Gasteiger partial charge in [0.25, 0.3) is 5.91 Å². The van der Waals surface area contributed by atoms with Crippen LogP contribution in [0.2, 0.25) is 0 Å². The van der Waals surface area contributed by atoms with Crippen LogP contribution in [0.25, 0.3) is 0 Å². The van der Waals surface area contributed by atoms with Crippen molar-refractivity contribution in [2.24, 2.45) is 5.41 Å². The molecule has 4 heterocycles. The molecular weight excluding hydrogens is 402 g/mol. The number of hydrogen-bond acceptors (Lipinski definition) is 5. The van der Waals surface area contributed by atoms with Crippen LogP contribution in [-0.2, 0) is 13.0 Å². The highest BCUT2D eigenvalue weighted by atomic mass is 16.1. The summed E-state index contributed by atoms with van der Waals surface area (Å²) in [5.74, 6) is 0.930. The second kappa shape index (κ2) is 7.76. The van der Waals surface area contributed by atoms with Gasteiger partial charge in [0.2, 0.25) is 0 Å². The minimum absolute atomic E-state index is 0.0409. The second-order valence-corrected chi connectivity index (χ2v) is 9.64. The minimum Gasteiger partial charge on any atom is -0.355 e. The molecule has 1 atom stereocenters. The van der Waals surface area contributed by atoms with Crippen molar-refractivity contribution in [2.45, 2.75) is 59.5 Å². The summed E-state index contributed by atoms with van der Waals surface area (Å²) in [5.41, 5.74) is 6.37. The molecule has 0 unspecified atom stereocenters. The maximum Gasteiger partial charge on any atom is 0.255 e. The summed E-state index contributed by atoms with van der Waals surface area (Å²) < 4.78 is 1.80. The van der Waals surface area contributed by atoms with Crippen molar-refractivity contribution in [3.05, 3.63) is 58.3 Å².